The van der Waals surface area contributed by atoms with E-state index in [2.05, 4.69) is 9.80 Å². The van der Waals surface area contributed by atoms with Gasteiger partial charge in [-0.1, -0.05) is 18.2 Å². The van der Waals surface area contributed by atoms with Crippen LogP contribution in [0.4, 0.5) is 5.82 Å². The molecule has 3 atom stereocenters. The van der Waals surface area contributed by atoms with Crippen LogP contribution in [0.25, 0.3) is 10.9 Å². The zero-order valence-corrected chi connectivity index (χ0v) is 15.3. The van der Waals surface area contributed by atoms with Gasteiger partial charge in [-0.3, -0.25) is 9.59 Å². The van der Waals surface area contributed by atoms with Gasteiger partial charge >= 0.3 is 0 Å². The molecular formula is C21H24N4O2. The SMILES string of the molecule is NC(=O)c1cc(N2C[C@@H]3C[C@H](C2)[C@@H]2CCCC(=O)N2C3)nc2ccccc12. The van der Waals surface area contributed by atoms with Crippen LogP contribution in [-0.2, 0) is 4.79 Å². The second kappa shape index (κ2) is 6.22. The van der Waals surface area contributed by atoms with Crippen molar-refractivity contribution in [3.05, 3.63) is 35.9 Å². The van der Waals surface area contributed by atoms with Crippen molar-refractivity contribution in [3.63, 3.8) is 0 Å². The van der Waals surface area contributed by atoms with Gasteiger partial charge in [-0.05, 0) is 43.2 Å². The largest absolute Gasteiger partial charge is 0.366 e. The third-order valence-corrected chi connectivity index (χ3v) is 6.47. The minimum absolute atomic E-state index is 0.328. The van der Waals surface area contributed by atoms with Gasteiger partial charge in [-0.15, -0.1) is 0 Å². The molecule has 3 saturated heterocycles. The molecule has 3 fully saturated rings. The molecule has 2 aromatic rings. The predicted octanol–water partition coefficient (Wildman–Crippen LogP) is 2.17. The van der Waals surface area contributed by atoms with Gasteiger partial charge in [0.25, 0.3) is 0 Å². The molecule has 140 valence electrons. The maximum absolute atomic E-state index is 12.3. The number of piperidine rings is 3. The zero-order valence-electron chi connectivity index (χ0n) is 15.3. The van der Waals surface area contributed by atoms with Crippen molar-refractivity contribution in [1.29, 1.82) is 0 Å². The summed E-state index contributed by atoms with van der Waals surface area (Å²) in [7, 11) is 0. The van der Waals surface area contributed by atoms with Crippen LogP contribution in [0.5, 0.6) is 0 Å². The molecule has 2 bridgehead atoms. The summed E-state index contributed by atoms with van der Waals surface area (Å²) in [4.78, 5) is 33.6. The van der Waals surface area contributed by atoms with E-state index in [1.165, 1.54) is 6.42 Å². The van der Waals surface area contributed by atoms with E-state index in [1.807, 2.05) is 30.3 Å². The second-order valence-electron chi connectivity index (χ2n) is 8.18. The van der Waals surface area contributed by atoms with Gasteiger partial charge < -0.3 is 15.5 Å². The lowest BCUT2D eigenvalue weighted by Gasteiger charge is -2.52. The molecule has 27 heavy (non-hydrogen) atoms. The first kappa shape index (κ1) is 16.5. The molecule has 0 spiro atoms. The lowest BCUT2D eigenvalue weighted by atomic mass is 9.76. The van der Waals surface area contributed by atoms with E-state index >= 15 is 0 Å². The first-order valence-corrected chi connectivity index (χ1v) is 9.84. The highest BCUT2D eigenvalue weighted by Crippen LogP contribution is 2.39. The number of amides is 2. The number of hydrogen-bond acceptors (Lipinski definition) is 4. The van der Waals surface area contributed by atoms with Crippen molar-refractivity contribution in [3.8, 4) is 0 Å². The Balaban J connectivity index is 1.49. The van der Waals surface area contributed by atoms with Gasteiger partial charge in [0.15, 0.2) is 0 Å². The molecule has 1 aromatic carbocycles. The lowest BCUT2D eigenvalue weighted by Crippen LogP contribution is -2.60. The Morgan fingerprint density at radius 1 is 1.19 bits per heavy atom. The molecule has 6 nitrogen and oxygen atoms in total. The Bertz CT molecular complexity index is 928. The average Bonchev–Trinajstić information content (AvgIpc) is 2.67. The third kappa shape index (κ3) is 2.74. The van der Waals surface area contributed by atoms with Crippen LogP contribution in [0.15, 0.2) is 30.3 Å². The van der Waals surface area contributed by atoms with Crippen LogP contribution in [-0.4, -0.2) is 47.4 Å². The van der Waals surface area contributed by atoms with Crippen LogP contribution in [0.3, 0.4) is 0 Å². The molecular weight excluding hydrogens is 340 g/mol. The van der Waals surface area contributed by atoms with Crippen LogP contribution in [0.2, 0.25) is 0 Å². The van der Waals surface area contributed by atoms with Gasteiger partial charge in [-0.2, -0.15) is 0 Å². The summed E-state index contributed by atoms with van der Waals surface area (Å²) >= 11 is 0. The van der Waals surface area contributed by atoms with Crippen LogP contribution < -0.4 is 10.6 Å². The fourth-order valence-electron chi connectivity index (χ4n) is 5.32. The van der Waals surface area contributed by atoms with E-state index in [9.17, 15) is 9.59 Å². The minimum Gasteiger partial charge on any atom is -0.366 e. The van der Waals surface area contributed by atoms with Gasteiger partial charge in [0.2, 0.25) is 11.8 Å². The third-order valence-electron chi connectivity index (χ3n) is 6.47. The molecule has 0 saturated carbocycles. The number of fused-ring (bicyclic) bond motifs is 5. The fourth-order valence-corrected chi connectivity index (χ4v) is 5.32. The van der Waals surface area contributed by atoms with Gasteiger partial charge in [-0.25, -0.2) is 4.98 Å². The molecule has 3 aliphatic heterocycles. The Kier molecular flexibility index (Phi) is 3.81. The highest BCUT2D eigenvalue weighted by atomic mass is 16.2. The molecule has 2 amide bonds. The van der Waals surface area contributed by atoms with Crippen molar-refractivity contribution < 1.29 is 9.59 Å². The van der Waals surface area contributed by atoms with Gasteiger partial charge in [0.1, 0.15) is 5.82 Å². The number of aromatic nitrogens is 1. The summed E-state index contributed by atoms with van der Waals surface area (Å²) in [5.74, 6) is 1.68. The number of pyridine rings is 1. The van der Waals surface area contributed by atoms with Crippen LogP contribution in [0.1, 0.15) is 36.0 Å². The van der Waals surface area contributed by atoms with E-state index < -0.39 is 5.91 Å². The van der Waals surface area contributed by atoms with E-state index in [0.717, 1.165) is 49.2 Å². The van der Waals surface area contributed by atoms with E-state index in [-0.39, 0.29) is 0 Å². The molecule has 1 aromatic heterocycles. The smallest absolute Gasteiger partial charge is 0.249 e. The maximum Gasteiger partial charge on any atom is 0.249 e. The lowest BCUT2D eigenvalue weighted by molar-refractivity contribution is -0.142. The molecule has 2 N–H and O–H groups in total. The first-order chi connectivity index (χ1) is 13.1. The molecule has 3 aliphatic rings. The topological polar surface area (TPSA) is 79.5 Å². The number of para-hydroxylation sites is 1. The number of primary amides is 1. The molecule has 0 unspecified atom stereocenters. The molecule has 0 radical (unpaired) electrons. The molecule has 5 rings (SSSR count). The Labute approximate surface area is 158 Å². The second-order valence-corrected chi connectivity index (χ2v) is 8.18. The Morgan fingerprint density at radius 2 is 2.04 bits per heavy atom. The summed E-state index contributed by atoms with van der Waals surface area (Å²) in [6.45, 7) is 2.61. The fraction of sp³-hybridized carbons (Fsp3) is 0.476. The molecule has 4 heterocycles. The normalized spacial score (nSPS) is 27.6. The van der Waals surface area contributed by atoms with E-state index in [4.69, 9.17) is 10.7 Å². The first-order valence-electron chi connectivity index (χ1n) is 9.84. The van der Waals surface area contributed by atoms with Crippen molar-refractivity contribution in [2.24, 2.45) is 17.6 Å². The Hall–Kier alpha value is -2.63. The summed E-state index contributed by atoms with van der Waals surface area (Å²) in [6, 6.07) is 9.85. The highest BCUT2D eigenvalue weighted by molar-refractivity contribution is 6.06. The average molecular weight is 364 g/mol. The standard InChI is InChI=1S/C21H24N4O2/c22-21(27)16-9-19(23-17-5-2-1-4-15(16)17)24-10-13-8-14(12-24)18-6-3-7-20(26)25(18)11-13/h1-2,4-5,9,13-14,18H,3,6-8,10-12H2,(H2,22,27)/t13-,14+,18-/m0/s1. The Morgan fingerprint density at radius 3 is 2.89 bits per heavy atom. The maximum atomic E-state index is 12.3. The predicted molar refractivity (Wildman–Crippen MR) is 103 cm³/mol. The highest BCUT2D eigenvalue weighted by Gasteiger charge is 2.44. The summed E-state index contributed by atoms with van der Waals surface area (Å²) in [5, 5.41) is 0.801. The number of anilines is 1. The van der Waals surface area contributed by atoms with Crippen molar-refractivity contribution >= 4 is 28.5 Å². The zero-order chi connectivity index (χ0) is 18.5. The van der Waals surface area contributed by atoms with E-state index in [1.54, 1.807) is 0 Å². The number of nitrogens with two attached hydrogens (primary N) is 1. The van der Waals surface area contributed by atoms with E-state index in [0.29, 0.717) is 35.8 Å². The monoisotopic (exact) mass is 364 g/mol. The molecule has 0 aliphatic carbocycles. The van der Waals surface area contributed by atoms with Gasteiger partial charge in [0, 0.05) is 37.5 Å². The quantitative estimate of drug-likeness (QED) is 0.886. The number of hydrogen-bond donors (Lipinski definition) is 1. The number of carbonyl (C=O) groups excluding carboxylic acids is 2. The van der Waals surface area contributed by atoms with Crippen LogP contribution >= 0.6 is 0 Å². The van der Waals surface area contributed by atoms with Gasteiger partial charge in [0.05, 0.1) is 11.1 Å². The number of benzene rings is 1. The number of nitrogens with zero attached hydrogens (tertiary/aromatic N) is 3. The summed E-state index contributed by atoms with van der Waals surface area (Å²) in [6.07, 6.45) is 3.99. The van der Waals surface area contributed by atoms with Crippen molar-refractivity contribution in [1.82, 2.24) is 9.88 Å². The molecule has 6 heteroatoms. The summed E-state index contributed by atoms with van der Waals surface area (Å²) < 4.78 is 0. The minimum atomic E-state index is -0.420. The number of rotatable bonds is 2. The number of carbonyl (C=O) groups is 2. The van der Waals surface area contributed by atoms with Crippen molar-refractivity contribution in [2.75, 3.05) is 24.5 Å². The van der Waals surface area contributed by atoms with Crippen molar-refractivity contribution in [2.45, 2.75) is 31.7 Å². The summed E-state index contributed by atoms with van der Waals surface area (Å²) in [5.41, 5.74) is 6.97. The van der Waals surface area contributed by atoms with Crippen LogP contribution in [0, 0.1) is 11.8 Å².